The van der Waals surface area contributed by atoms with Gasteiger partial charge in [-0.05, 0) is 18.6 Å². The number of rotatable bonds is 7. The number of carbonyl (C=O) groups excluding carboxylic acids is 1. The molecule has 0 spiro atoms. The fraction of sp³-hybridized carbons (Fsp3) is 0.250. The van der Waals surface area contributed by atoms with Crippen molar-refractivity contribution in [1.29, 1.82) is 0 Å². The summed E-state index contributed by atoms with van der Waals surface area (Å²) in [5.74, 6) is -0.293. The van der Waals surface area contributed by atoms with E-state index >= 15 is 0 Å². The van der Waals surface area contributed by atoms with Crippen molar-refractivity contribution in [2.24, 2.45) is 0 Å². The molecule has 0 aliphatic rings. The molecule has 1 aromatic heterocycles. The maximum absolute atomic E-state index is 12.9. The van der Waals surface area contributed by atoms with Crippen LogP contribution in [0, 0.1) is 27.2 Å². The number of benzene rings is 1. The molecule has 0 bridgehead atoms. The van der Waals surface area contributed by atoms with Gasteiger partial charge in [0.1, 0.15) is 5.82 Å². The Morgan fingerprint density at radius 1 is 1.14 bits per heavy atom. The van der Waals surface area contributed by atoms with Gasteiger partial charge in [-0.3, -0.25) is 25.0 Å². The summed E-state index contributed by atoms with van der Waals surface area (Å²) >= 11 is 0. The molecular weight excluding hydrogens is 399 g/mol. The molecule has 0 saturated carbocycles. The van der Waals surface area contributed by atoms with Crippen LogP contribution in [0.25, 0.3) is 0 Å². The summed E-state index contributed by atoms with van der Waals surface area (Å²) in [5, 5.41) is 27.0. The Morgan fingerprint density at radius 3 is 2.17 bits per heavy atom. The molecule has 0 atom stereocenters. The Labute approximate surface area is 161 Å². The molecule has 0 aliphatic heterocycles. The minimum absolute atomic E-state index is 0.200. The van der Waals surface area contributed by atoms with Crippen molar-refractivity contribution in [2.45, 2.75) is 19.5 Å². The first kappa shape index (κ1) is 21.5. The van der Waals surface area contributed by atoms with E-state index < -0.39 is 44.6 Å². The van der Waals surface area contributed by atoms with Crippen molar-refractivity contribution in [3.05, 3.63) is 61.8 Å². The quantitative estimate of drug-likeness (QED) is 0.521. The van der Waals surface area contributed by atoms with Crippen LogP contribution in [0.1, 0.15) is 17.5 Å². The molecule has 0 radical (unpaired) electrons. The zero-order valence-electron chi connectivity index (χ0n) is 14.8. The highest BCUT2D eigenvalue weighted by molar-refractivity contribution is 5.90. The number of aryl methyl sites for hydroxylation is 1. The summed E-state index contributed by atoms with van der Waals surface area (Å²) in [6.45, 7) is 1.50. The van der Waals surface area contributed by atoms with Gasteiger partial charge in [0.25, 0.3) is 11.4 Å². The number of carbonyl (C=O) groups is 1. The lowest BCUT2D eigenvalue weighted by molar-refractivity contribution is -0.392. The van der Waals surface area contributed by atoms with E-state index in [1.165, 1.54) is 6.20 Å². The van der Waals surface area contributed by atoms with E-state index in [0.29, 0.717) is 0 Å². The largest absolute Gasteiger partial charge is 0.416 e. The summed E-state index contributed by atoms with van der Waals surface area (Å²) in [4.78, 5) is 35.8. The minimum Gasteiger partial charge on any atom is -0.373 e. The third kappa shape index (κ3) is 5.60. The number of aromatic nitrogens is 1. The predicted octanol–water partition coefficient (Wildman–Crippen LogP) is 3.67. The molecule has 0 saturated heterocycles. The molecular formula is C16H14F3N5O5. The average Bonchev–Trinajstić information content (AvgIpc) is 2.62. The van der Waals surface area contributed by atoms with Gasteiger partial charge < -0.3 is 10.6 Å². The maximum atomic E-state index is 12.9. The first-order valence-corrected chi connectivity index (χ1v) is 7.99. The highest BCUT2D eigenvalue weighted by Crippen LogP contribution is 2.41. The SMILES string of the molecule is Cc1ccc(NC(=O)CCNc2c([N+](=O)[O-])cc(C(F)(F)F)cc2[N+](=O)[O-])nc1. The van der Waals surface area contributed by atoms with E-state index in [4.69, 9.17) is 0 Å². The molecule has 1 heterocycles. The van der Waals surface area contributed by atoms with Crippen molar-refractivity contribution in [3.8, 4) is 0 Å². The molecule has 29 heavy (non-hydrogen) atoms. The van der Waals surface area contributed by atoms with Crippen LogP contribution in [-0.2, 0) is 11.0 Å². The number of alkyl halides is 3. The second-order valence-electron chi connectivity index (χ2n) is 5.85. The van der Waals surface area contributed by atoms with Crippen molar-refractivity contribution < 1.29 is 27.8 Å². The Kier molecular flexibility index (Phi) is 6.31. The van der Waals surface area contributed by atoms with Gasteiger partial charge in [0.05, 0.1) is 15.4 Å². The smallest absolute Gasteiger partial charge is 0.373 e. The van der Waals surface area contributed by atoms with E-state index in [9.17, 15) is 38.2 Å². The van der Waals surface area contributed by atoms with Crippen LogP contribution in [-0.4, -0.2) is 27.3 Å². The fourth-order valence-electron chi connectivity index (χ4n) is 2.29. The highest BCUT2D eigenvalue weighted by atomic mass is 19.4. The summed E-state index contributed by atoms with van der Waals surface area (Å²) in [5.41, 5.74) is -3.61. The number of nitrogens with zero attached hydrogens (tertiary/aromatic N) is 3. The van der Waals surface area contributed by atoms with Crippen LogP contribution >= 0.6 is 0 Å². The molecule has 1 amide bonds. The third-order valence-corrected chi connectivity index (χ3v) is 3.65. The lowest BCUT2D eigenvalue weighted by atomic mass is 10.1. The topological polar surface area (TPSA) is 140 Å². The summed E-state index contributed by atoms with van der Waals surface area (Å²) in [6.07, 6.45) is -3.76. The van der Waals surface area contributed by atoms with E-state index in [0.717, 1.165) is 5.56 Å². The molecule has 2 N–H and O–H groups in total. The molecule has 1 aromatic carbocycles. The van der Waals surface area contributed by atoms with Gasteiger partial charge in [-0.15, -0.1) is 0 Å². The molecule has 0 aliphatic carbocycles. The summed E-state index contributed by atoms with van der Waals surface area (Å²) in [6, 6.07) is 3.65. The summed E-state index contributed by atoms with van der Waals surface area (Å²) in [7, 11) is 0. The average molecular weight is 413 g/mol. The molecule has 0 unspecified atom stereocenters. The van der Waals surface area contributed by atoms with Crippen LogP contribution in [0.4, 0.5) is 36.1 Å². The normalized spacial score (nSPS) is 11.0. The number of nitro benzene ring substituents is 2. The highest BCUT2D eigenvalue weighted by Gasteiger charge is 2.37. The van der Waals surface area contributed by atoms with Gasteiger partial charge in [0.2, 0.25) is 5.91 Å². The van der Waals surface area contributed by atoms with Crippen molar-refractivity contribution >= 4 is 28.8 Å². The Hall–Kier alpha value is -3.77. The second-order valence-corrected chi connectivity index (χ2v) is 5.85. The van der Waals surface area contributed by atoms with Gasteiger partial charge in [-0.1, -0.05) is 6.07 Å². The number of hydrogen-bond donors (Lipinski definition) is 2. The maximum Gasteiger partial charge on any atom is 0.416 e. The number of nitro groups is 2. The first-order valence-electron chi connectivity index (χ1n) is 7.99. The molecule has 154 valence electrons. The molecule has 2 rings (SSSR count). The van der Waals surface area contributed by atoms with Gasteiger partial charge >= 0.3 is 6.18 Å². The third-order valence-electron chi connectivity index (χ3n) is 3.65. The van der Waals surface area contributed by atoms with Gasteiger partial charge in [0.15, 0.2) is 5.69 Å². The minimum atomic E-state index is -5.00. The standard InChI is InChI=1S/C16H14F3N5O5/c1-9-2-3-13(21-8-9)22-14(25)4-5-20-15-11(23(26)27)6-10(16(17,18)19)7-12(15)24(28)29/h2-3,6-8,20H,4-5H2,1H3,(H,21,22,25). The number of nitrogens with one attached hydrogen (secondary N) is 2. The van der Waals surface area contributed by atoms with Crippen molar-refractivity contribution in [2.75, 3.05) is 17.2 Å². The molecule has 10 nitrogen and oxygen atoms in total. The number of amides is 1. The van der Waals surface area contributed by atoms with E-state index in [2.05, 4.69) is 15.6 Å². The summed E-state index contributed by atoms with van der Waals surface area (Å²) < 4.78 is 38.6. The van der Waals surface area contributed by atoms with Gasteiger partial charge in [-0.2, -0.15) is 13.2 Å². The number of hydrogen-bond acceptors (Lipinski definition) is 7. The van der Waals surface area contributed by atoms with Crippen molar-refractivity contribution in [3.63, 3.8) is 0 Å². The fourth-order valence-corrected chi connectivity index (χ4v) is 2.29. The van der Waals surface area contributed by atoms with Crippen LogP contribution in [0.5, 0.6) is 0 Å². The van der Waals surface area contributed by atoms with Gasteiger partial charge in [-0.25, -0.2) is 4.98 Å². The van der Waals surface area contributed by atoms with E-state index in [-0.39, 0.29) is 30.9 Å². The lowest BCUT2D eigenvalue weighted by Crippen LogP contribution is -2.18. The molecule has 13 heteroatoms. The van der Waals surface area contributed by atoms with Crippen LogP contribution in [0.3, 0.4) is 0 Å². The Bertz CT molecular complexity index is 912. The Balaban J connectivity index is 2.18. The second kappa shape index (κ2) is 8.50. The van der Waals surface area contributed by atoms with E-state index in [1.807, 2.05) is 0 Å². The number of pyridine rings is 1. The number of halogens is 3. The van der Waals surface area contributed by atoms with Gasteiger partial charge in [0, 0.05) is 31.3 Å². The Morgan fingerprint density at radius 2 is 1.72 bits per heavy atom. The van der Waals surface area contributed by atoms with Crippen LogP contribution in [0.2, 0.25) is 0 Å². The zero-order valence-corrected chi connectivity index (χ0v) is 14.8. The van der Waals surface area contributed by atoms with Crippen molar-refractivity contribution in [1.82, 2.24) is 4.98 Å². The predicted molar refractivity (Wildman–Crippen MR) is 95.5 cm³/mol. The number of anilines is 2. The lowest BCUT2D eigenvalue weighted by Gasteiger charge is -2.11. The van der Waals surface area contributed by atoms with Crippen LogP contribution < -0.4 is 10.6 Å². The van der Waals surface area contributed by atoms with E-state index in [1.54, 1.807) is 19.1 Å². The monoisotopic (exact) mass is 413 g/mol. The zero-order chi connectivity index (χ0) is 21.8. The van der Waals surface area contributed by atoms with Crippen LogP contribution in [0.15, 0.2) is 30.5 Å². The first-order chi connectivity index (χ1) is 13.5. The molecule has 2 aromatic rings. The molecule has 0 fully saturated rings.